The van der Waals surface area contributed by atoms with Gasteiger partial charge in [0.15, 0.2) is 0 Å². The third-order valence-electron chi connectivity index (χ3n) is 7.05. The van der Waals surface area contributed by atoms with Crippen molar-refractivity contribution >= 4 is 17.4 Å². The number of imidazole rings is 1. The number of likely N-dealkylation sites (N-methyl/N-ethyl adjacent to an activating group) is 1. The van der Waals surface area contributed by atoms with Gasteiger partial charge in [-0.1, -0.05) is 25.5 Å². The van der Waals surface area contributed by atoms with Crippen molar-refractivity contribution in [1.29, 1.82) is 0 Å². The molecule has 0 spiro atoms. The molecule has 0 aliphatic carbocycles. The highest BCUT2D eigenvalue weighted by molar-refractivity contribution is 5.82. The molecule has 4 rings (SSSR count). The van der Waals surface area contributed by atoms with Crippen LogP contribution in [0.5, 0.6) is 5.75 Å². The van der Waals surface area contributed by atoms with Crippen molar-refractivity contribution in [2.45, 2.75) is 58.5 Å². The van der Waals surface area contributed by atoms with E-state index in [9.17, 15) is 9.59 Å². The third kappa shape index (κ3) is 5.99. The highest BCUT2D eigenvalue weighted by Crippen LogP contribution is 2.35. The number of amides is 1. The second-order valence-corrected chi connectivity index (χ2v) is 10.4. The van der Waals surface area contributed by atoms with Gasteiger partial charge in [-0.25, -0.2) is 4.98 Å². The molecule has 1 amide bonds. The SMILES string of the molecule is CCC[C@H](C)OC(=O)Cc1ccc(-c2nc([C@@H]3CCN(C(=O)CN(C)C)C3)n3ccnc(C)c23)cc1OC. The molecule has 1 aliphatic heterocycles. The maximum Gasteiger partial charge on any atom is 0.310 e. The summed E-state index contributed by atoms with van der Waals surface area (Å²) in [5, 5.41) is 0. The average Bonchev–Trinajstić information content (AvgIpc) is 3.50. The molecule has 3 aromatic rings. The monoisotopic (exact) mass is 521 g/mol. The molecule has 38 heavy (non-hydrogen) atoms. The van der Waals surface area contributed by atoms with Crippen molar-refractivity contribution in [2.75, 3.05) is 40.8 Å². The summed E-state index contributed by atoms with van der Waals surface area (Å²) in [5.74, 6) is 1.55. The number of rotatable bonds is 10. The Morgan fingerprint density at radius 3 is 2.76 bits per heavy atom. The number of aryl methyl sites for hydroxylation is 1. The summed E-state index contributed by atoms with van der Waals surface area (Å²) in [6.45, 7) is 7.74. The van der Waals surface area contributed by atoms with Crippen LogP contribution in [0.4, 0.5) is 0 Å². The van der Waals surface area contributed by atoms with E-state index in [0.717, 1.165) is 59.7 Å². The molecule has 1 aliphatic rings. The number of nitrogens with zero attached hydrogens (tertiary/aromatic N) is 5. The highest BCUT2D eigenvalue weighted by atomic mass is 16.5. The Hall–Kier alpha value is -3.46. The number of carbonyl (C=O) groups excluding carboxylic acids is 2. The molecule has 0 N–H and O–H groups in total. The lowest BCUT2D eigenvalue weighted by atomic mass is 10.0. The largest absolute Gasteiger partial charge is 0.496 e. The molecule has 3 heterocycles. The van der Waals surface area contributed by atoms with Gasteiger partial charge in [0.25, 0.3) is 0 Å². The van der Waals surface area contributed by atoms with Gasteiger partial charge >= 0.3 is 5.97 Å². The number of hydrogen-bond acceptors (Lipinski definition) is 7. The first-order valence-electron chi connectivity index (χ1n) is 13.3. The molecule has 1 saturated heterocycles. The van der Waals surface area contributed by atoms with E-state index in [1.165, 1.54) is 0 Å². The van der Waals surface area contributed by atoms with Gasteiger partial charge in [0.05, 0.1) is 43.1 Å². The van der Waals surface area contributed by atoms with Crippen LogP contribution in [0.2, 0.25) is 0 Å². The van der Waals surface area contributed by atoms with E-state index < -0.39 is 0 Å². The summed E-state index contributed by atoms with van der Waals surface area (Å²) in [4.78, 5) is 38.6. The van der Waals surface area contributed by atoms with Crippen LogP contribution in [-0.2, 0) is 20.7 Å². The molecule has 2 aromatic heterocycles. The summed E-state index contributed by atoms with van der Waals surface area (Å²) in [7, 11) is 5.42. The second kappa shape index (κ2) is 11.9. The number of esters is 1. The summed E-state index contributed by atoms with van der Waals surface area (Å²) >= 11 is 0. The zero-order valence-electron chi connectivity index (χ0n) is 23.4. The summed E-state index contributed by atoms with van der Waals surface area (Å²) in [5.41, 5.74) is 4.28. The number of fused-ring (bicyclic) bond motifs is 1. The van der Waals surface area contributed by atoms with Crippen molar-refractivity contribution in [2.24, 2.45) is 0 Å². The lowest BCUT2D eigenvalue weighted by Crippen LogP contribution is -2.36. The van der Waals surface area contributed by atoms with Crippen molar-refractivity contribution < 1.29 is 19.1 Å². The molecule has 9 heteroatoms. The molecular weight excluding hydrogens is 482 g/mol. The molecule has 0 unspecified atom stereocenters. The summed E-state index contributed by atoms with van der Waals surface area (Å²) < 4.78 is 13.3. The highest BCUT2D eigenvalue weighted by Gasteiger charge is 2.31. The molecule has 9 nitrogen and oxygen atoms in total. The number of likely N-dealkylation sites (tertiary alicyclic amines) is 1. The van der Waals surface area contributed by atoms with Gasteiger partial charge in [-0.2, -0.15) is 0 Å². The van der Waals surface area contributed by atoms with Gasteiger partial charge in [-0.3, -0.25) is 19.0 Å². The number of hydrogen-bond donors (Lipinski definition) is 0. The van der Waals surface area contributed by atoms with E-state index in [4.69, 9.17) is 14.5 Å². The average molecular weight is 522 g/mol. The number of carbonyl (C=O) groups is 2. The van der Waals surface area contributed by atoms with Crippen LogP contribution in [0.25, 0.3) is 16.8 Å². The zero-order valence-corrected chi connectivity index (χ0v) is 23.4. The Balaban J connectivity index is 1.64. The zero-order chi connectivity index (χ0) is 27.4. The maximum absolute atomic E-state index is 12.6. The fourth-order valence-electron chi connectivity index (χ4n) is 5.20. The quantitative estimate of drug-likeness (QED) is 0.374. The number of benzene rings is 1. The Labute approximate surface area is 224 Å². The molecular formula is C29H39N5O4. The van der Waals surface area contributed by atoms with Gasteiger partial charge < -0.3 is 19.3 Å². The second-order valence-electron chi connectivity index (χ2n) is 10.4. The van der Waals surface area contributed by atoms with Crippen LogP contribution < -0.4 is 4.74 Å². The number of ether oxygens (including phenoxy) is 2. The molecule has 204 valence electrons. The van der Waals surface area contributed by atoms with Crippen LogP contribution in [0.15, 0.2) is 30.6 Å². The minimum atomic E-state index is -0.263. The lowest BCUT2D eigenvalue weighted by molar-refractivity contribution is -0.147. The van der Waals surface area contributed by atoms with E-state index in [1.807, 2.05) is 62.1 Å². The van der Waals surface area contributed by atoms with Crippen LogP contribution in [-0.4, -0.2) is 83.0 Å². The molecule has 0 radical (unpaired) electrons. The van der Waals surface area contributed by atoms with Crippen molar-refractivity contribution in [3.63, 3.8) is 0 Å². The van der Waals surface area contributed by atoms with Gasteiger partial charge in [0, 0.05) is 42.5 Å². The fraction of sp³-hybridized carbons (Fsp3) is 0.517. The molecule has 2 atom stereocenters. The summed E-state index contributed by atoms with van der Waals surface area (Å²) in [6.07, 6.45) is 6.44. The predicted molar refractivity (Wildman–Crippen MR) is 146 cm³/mol. The first-order valence-corrected chi connectivity index (χ1v) is 13.3. The standard InChI is InChI=1S/C29H39N5O4/c1-7-8-19(2)38-26(36)16-21-9-10-22(15-24(21)37-6)27-28-20(3)30-12-14-34(28)29(31-27)23-11-13-33(17-23)25(35)18-32(4)5/h9-10,12,14-15,19,23H,7-8,11,13,16-18H2,1-6H3/t19-,23+/m0/s1. The smallest absolute Gasteiger partial charge is 0.310 e. The molecule has 0 saturated carbocycles. The Bertz CT molecular complexity index is 1300. The van der Waals surface area contributed by atoms with Crippen LogP contribution in [0.3, 0.4) is 0 Å². The normalized spacial score (nSPS) is 16.3. The van der Waals surface area contributed by atoms with E-state index in [-0.39, 0.29) is 30.3 Å². The Morgan fingerprint density at radius 2 is 2.05 bits per heavy atom. The van der Waals surface area contributed by atoms with Gasteiger partial charge in [-0.05, 0) is 46.9 Å². The minimum absolute atomic E-state index is 0.103. The Kier molecular flexibility index (Phi) is 8.66. The number of methoxy groups -OCH3 is 1. The lowest BCUT2D eigenvalue weighted by Gasteiger charge is -2.18. The van der Waals surface area contributed by atoms with E-state index in [0.29, 0.717) is 18.8 Å². The third-order valence-corrected chi connectivity index (χ3v) is 7.05. The maximum atomic E-state index is 12.6. The van der Waals surface area contributed by atoms with Crippen molar-refractivity contribution in [3.8, 4) is 17.0 Å². The molecule has 1 aromatic carbocycles. The van der Waals surface area contributed by atoms with Gasteiger partial charge in [0.1, 0.15) is 11.6 Å². The fourth-order valence-corrected chi connectivity index (χ4v) is 5.20. The predicted octanol–water partition coefficient (Wildman–Crippen LogP) is 3.87. The van der Waals surface area contributed by atoms with E-state index in [1.54, 1.807) is 13.3 Å². The van der Waals surface area contributed by atoms with Crippen LogP contribution >= 0.6 is 0 Å². The first kappa shape index (κ1) is 27.6. The summed E-state index contributed by atoms with van der Waals surface area (Å²) in [6, 6.07) is 5.81. The minimum Gasteiger partial charge on any atom is -0.496 e. The Morgan fingerprint density at radius 1 is 1.26 bits per heavy atom. The van der Waals surface area contributed by atoms with Crippen LogP contribution in [0, 0.1) is 6.92 Å². The van der Waals surface area contributed by atoms with Crippen molar-refractivity contribution in [1.82, 2.24) is 24.2 Å². The van der Waals surface area contributed by atoms with Crippen molar-refractivity contribution in [3.05, 3.63) is 47.7 Å². The van der Waals surface area contributed by atoms with E-state index in [2.05, 4.69) is 16.3 Å². The van der Waals surface area contributed by atoms with Crippen LogP contribution in [0.1, 0.15) is 56.1 Å². The van der Waals surface area contributed by atoms with Gasteiger partial charge in [0.2, 0.25) is 5.91 Å². The number of aromatic nitrogens is 3. The topological polar surface area (TPSA) is 89.3 Å². The van der Waals surface area contributed by atoms with Gasteiger partial charge in [-0.15, -0.1) is 0 Å². The molecule has 1 fully saturated rings. The first-order chi connectivity index (χ1) is 18.2. The molecule has 0 bridgehead atoms. The van der Waals surface area contributed by atoms with E-state index >= 15 is 0 Å².